The van der Waals surface area contributed by atoms with E-state index < -0.39 is 0 Å². The molecule has 5 heteroatoms. The standard InChI is InChI=1S/C12H15BrN2OS/c1-15(6-9-2-3-16-7-9)11(5-14)10-4-12(13)17-8-10/h2-4,7-8,11H,5-6,14H2,1H3. The molecule has 0 aromatic carbocycles. The van der Waals surface area contributed by atoms with Gasteiger partial charge in [0.05, 0.1) is 16.3 Å². The highest BCUT2D eigenvalue weighted by molar-refractivity contribution is 9.11. The van der Waals surface area contributed by atoms with Crippen molar-refractivity contribution in [2.75, 3.05) is 13.6 Å². The fourth-order valence-corrected chi connectivity index (χ4v) is 3.07. The second-order valence-electron chi connectivity index (χ2n) is 3.98. The van der Waals surface area contributed by atoms with Gasteiger partial charge in [-0.2, -0.15) is 0 Å². The fraction of sp³-hybridized carbons (Fsp3) is 0.333. The average molecular weight is 315 g/mol. The molecule has 0 fully saturated rings. The summed E-state index contributed by atoms with van der Waals surface area (Å²) in [6.45, 7) is 1.45. The Morgan fingerprint density at radius 2 is 2.41 bits per heavy atom. The molecule has 2 aromatic rings. The quantitative estimate of drug-likeness (QED) is 0.921. The van der Waals surface area contributed by atoms with Crippen molar-refractivity contribution in [3.8, 4) is 0 Å². The van der Waals surface area contributed by atoms with E-state index in [1.165, 1.54) is 11.1 Å². The smallest absolute Gasteiger partial charge is 0.0947 e. The molecule has 2 N–H and O–H groups in total. The summed E-state index contributed by atoms with van der Waals surface area (Å²) in [5.41, 5.74) is 8.29. The van der Waals surface area contributed by atoms with E-state index in [4.69, 9.17) is 10.2 Å². The molecular weight excluding hydrogens is 300 g/mol. The van der Waals surface area contributed by atoms with Crippen LogP contribution in [-0.2, 0) is 6.54 Å². The molecule has 92 valence electrons. The van der Waals surface area contributed by atoms with E-state index >= 15 is 0 Å². The van der Waals surface area contributed by atoms with Crippen LogP contribution in [0.2, 0.25) is 0 Å². The molecule has 0 bridgehead atoms. The van der Waals surface area contributed by atoms with E-state index in [1.807, 2.05) is 6.07 Å². The molecule has 0 aliphatic carbocycles. The van der Waals surface area contributed by atoms with Crippen molar-refractivity contribution in [1.82, 2.24) is 4.90 Å². The van der Waals surface area contributed by atoms with Crippen LogP contribution in [-0.4, -0.2) is 18.5 Å². The number of nitrogens with two attached hydrogens (primary N) is 1. The van der Waals surface area contributed by atoms with Crippen molar-refractivity contribution in [3.63, 3.8) is 0 Å². The summed E-state index contributed by atoms with van der Waals surface area (Å²) in [7, 11) is 2.08. The van der Waals surface area contributed by atoms with Crippen LogP contribution in [0.3, 0.4) is 0 Å². The summed E-state index contributed by atoms with van der Waals surface area (Å²) >= 11 is 5.17. The fourth-order valence-electron chi connectivity index (χ4n) is 1.85. The molecule has 2 heterocycles. The van der Waals surface area contributed by atoms with Crippen LogP contribution in [0.15, 0.2) is 38.2 Å². The summed E-state index contributed by atoms with van der Waals surface area (Å²) in [4.78, 5) is 2.24. The van der Waals surface area contributed by atoms with Gasteiger partial charge in [-0.25, -0.2) is 0 Å². The molecule has 0 aliphatic rings. The van der Waals surface area contributed by atoms with Gasteiger partial charge in [0.2, 0.25) is 0 Å². The summed E-state index contributed by atoms with van der Waals surface area (Å²) in [6, 6.07) is 4.36. The molecule has 0 radical (unpaired) electrons. The van der Waals surface area contributed by atoms with Crippen molar-refractivity contribution < 1.29 is 4.42 Å². The molecular formula is C12H15BrN2OS. The van der Waals surface area contributed by atoms with Gasteiger partial charge >= 0.3 is 0 Å². The van der Waals surface area contributed by atoms with Gasteiger partial charge in [0.15, 0.2) is 0 Å². The SMILES string of the molecule is CN(Cc1ccoc1)C(CN)c1csc(Br)c1. The largest absolute Gasteiger partial charge is 0.472 e. The Hall–Kier alpha value is -0.620. The van der Waals surface area contributed by atoms with Crippen LogP contribution < -0.4 is 5.73 Å². The second kappa shape index (κ2) is 5.82. The van der Waals surface area contributed by atoms with E-state index in [1.54, 1.807) is 23.9 Å². The van der Waals surface area contributed by atoms with Gasteiger partial charge < -0.3 is 10.2 Å². The Labute approximate surface area is 113 Å². The Morgan fingerprint density at radius 3 is 2.94 bits per heavy atom. The molecule has 0 saturated heterocycles. The summed E-state index contributed by atoms with van der Waals surface area (Å²) in [5.74, 6) is 0. The van der Waals surface area contributed by atoms with Gasteiger partial charge in [-0.05, 0) is 46.1 Å². The summed E-state index contributed by atoms with van der Waals surface area (Å²) in [6.07, 6.45) is 3.47. The summed E-state index contributed by atoms with van der Waals surface area (Å²) in [5, 5.41) is 2.15. The molecule has 2 rings (SSSR count). The lowest BCUT2D eigenvalue weighted by molar-refractivity contribution is 0.241. The first-order valence-electron chi connectivity index (χ1n) is 5.36. The number of furan rings is 1. The minimum Gasteiger partial charge on any atom is -0.472 e. The van der Waals surface area contributed by atoms with Gasteiger partial charge in [0.25, 0.3) is 0 Å². The highest BCUT2D eigenvalue weighted by Gasteiger charge is 2.17. The highest BCUT2D eigenvalue weighted by atomic mass is 79.9. The third kappa shape index (κ3) is 3.19. The number of likely N-dealkylation sites (N-methyl/N-ethyl adjacent to an activating group) is 1. The van der Waals surface area contributed by atoms with Gasteiger partial charge in [-0.15, -0.1) is 11.3 Å². The van der Waals surface area contributed by atoms with Crippen LogP contribution in [0.5, 0.6) is 0 Å². The molecule has 1 atom stereocenters. The average Bonchev–Trinajstić information content (AvgIpc) is 2.91. The zero-order valence-electron chi connectivity index (χ0n) is 9.60. The summed E-state index contributed by atoms with van der Waals surface area (Å²) < 4.78 is 6.22. The lowest BCUT2D eigenvalue weighted by atomic mass is 10.1. The number of nitrogens with zero attached hydrogens (tertiary/aromatic N) is 1. The predicted molar refractivity (Wildman–Crippen MR) is 74.0 cm³/mol. The van der Waals surface area contributed by atoms with Crippen LogP contribution in [0.4, 0.5) is 0 Å². The Kier molecular flexibility index (Phi) is 4.39. The number of hydrogen-bond donors (Lipinski definition) is 1. The van der Waals surface area contributed by atoms with Crippen molar-refractivity contribution in [2.45, 2.75) is 12.6 Å². The lowest BCUT2D eigenvalue weighted by Crippen LogP contribution is -2.29. The van der Waals surface area contributed by atoms with E-state index in [-0.39, 0.29) is 6.04 Å². The Morgan fingerprint density at radius 1 is 1.59 bits per heavy atom. The van der Waals surface area contributed by atoms with Crippen molar-refractivity contribution in [2.24, 2.45) is 5.73 Å². The first-order chi connectivity index (χ1) is 8.20. The second-order valence-corrected chi connectivity index (χ2v) is 6.27. The highest BCUT2D eigenvalue weighted by Crippen LogP contribution is 2.28. The van der Waals surface area contributed by atoms with Crippen molar-refractivity contribution >= 4 is 27.3 Å². The molecule has 17 heavy (non-hydrogen) atoms. The van der Waals surface area contributed by atoms with Gasteiger partial charge in [0.1, 0.15) is 0 Å². The van der Waals surface area contributed by atoms with E-state index in [2.05, 4.69) is 39.3 Å². The van der Waals surface area contributed by atoms with E-state index in [0.717, 1.165) is 10.3 Å². The topological polar surface area (TPSA) is 42.4 Å². The minimum atomic E-state index is 0.243. The zero-order chi connectivity index (χ0) is 12.3. The number of thiophene rings is 1. The van der Waals surface area contributed by atoms with Crippen molar-refractivity contribution in [1.29, 1.82) is 0 Å². The molecule has 1 unspecified atom stereocenters. The molecule has 0 spiro atoms. The Balaban J connectivity index is 2.07. The van der Waals surface area contributed by atoms with Crippen LogP contribution in [0.1, 0.15) is 17.2 Å². The Bertz CT molecular complexity index is 455. The molecule has 0 saturated carbocycles. The lowest BCUT2D eigenvalue weighted by Gasteiger charge is -2.25. The minimum absolute atomic E-state index is 0.243. The number of rotatable bonds is 5. The van der Waals surface area contributed by atoms with Crippen molar-refractivity contribution in [3.05, 3.63) is 45.0 Å². The number of hydrogen-bond acceptors (Lipinski definition) is 4. The zero-order valence-corrected chi connectivity index (χ0v) is 12.0. The normalized spacial score (nSPS) is 13.2. The maximum atomic E-state index is 5.87. The van der Waals surface area contributed by atoms with Gasteiger partial charge in [-0.3, -0.25) is 4.90 Å². The first-order valence-corrected chi connectivity index (χ1v) is 7.03. The third-order valence-electron chi connectivity index (χ3n) is 2.74. The van der Waals surface area contributed by atoms with Crippen LogP contribution in [0, 0.1) is 0 Å². The third-order valence-corrected chi connectivity index (χ3v) is 4.26. The van der Waals surface area contributed by atoms with E-state index in [9.17, 15) is 0 Å². The first kappa shape index (κ1) is 12.8. The van der Waals surface area contributed by atoms with Gasteiger partial charge in [0, 0.05) is 24.7 Å². The predicted octanol–water partition coefficient (Wildman–Crippen LogP) is 3.24. The molecule has 0 amide bonds. The van der Waals surface area contributed by atoms with Gasteiger partial charge in [-0.1, -0.05) is 0 Å². The number of halogens is 1. The maximum Gasteiger partial charge on any atom is 0.0947 e. The maximum absolute atomic E-state index is 5.87. The monoisotopic (exact) mass is 314 g/mol. The van der Waals surface area contributed by atoms with Crippen LogP contribution in [0.25, 0.3) is 0 Å². The molecule has 3 nitrogen and oxygen atoms in total. The van der Waals surface area contributed by atoms with E-state index in [0.29, 0.717) is 6.54 Å². The van der Waals surface area contributed by atoms with Crippen LogP contribution >= 0.6 is 27.3 Å². The molecule has 0 aliphatic heterocycles. The molecule has 2 aromatic heterocycles.